The Kier molecular flexibility index (Phi) is 4.95. The summed E-state index contributed by atoms with van der Waals surface area (Å²) in [7, 11) is 0. The van der Waals surface area contributed by atoms with Crippen LogP contribution in [0.25, 0.3) is 0 Å². The topological polar surface area (TPSA) is 118 Å². The quantitative estimate of drug-likeness (QED) is 0.223. The van der Waals surface area contributed by atoms with Gasteiger partial charge in [-0.25, -0.2) is 0 Å². The van der Waals surface area contributed by atoms with Crippen molar-refractivity contribution in [2.75, 3.05) is 6.61 Å². The van der Waals surface area contributed by atoms with Crippen molar-refractivity contribution in [1.82, 2.24) is 0 Å². The lowest BCUT2D eigenvalue weighted by atomic mass is 10.2. The third-order valence-corrected chi connectivity index (χ3v) is 1.42. The summed E-state index contributed by atoms with van der Waals surface area (Å²) in [6.45, 7) is -0.760. The molecule has 0 heterocycles. The molecule has 0 aromatic rings. The highest BCUT2D eigenvalue weighted by molar-refractivity contribution is 5.56. The van der Waals surface area contributed by atoms with E-state index in [-0.39, 0.29) is 6.29 Å². The van der Waals surface area contributed by atoms with Crippen LogP contribution >= 0.6 is 0 Å². The van der Waals surface area contributed by atoms with E-state index in [2.05, 4.69) is 0 Å². The van der Waals surface area contributed by atoms with Crippen molar-refractivity contribution in [2.24, 2.45) is 0 Å². The maximum absolute atomic E-state index is 9.90. The van der Waals surface area contributed by atoms with Gasteiger partial charge in [-0.15, -0.1) is 0 Å². The summed E-state index contributed by atoms with van der Waals surface area (Å²) in [6, 6.07) is 0. The monoisotopic (exact) mass is 181 g/mol. The molecule has 0 saturated heterocycles. The second kappa shape index (κ2) is 5.18. The molecule has 0 radical (unpaired) electrons. The summed E-state index contributed by atoms with van der Waals surface area (Å²) in [6.07, 6.45) is -6.84. The Balaban J connectivity index is 4.07. The first-order valence-electron chi connectivity index (χ1n) is 3.33. The first-order chi connectivity index (χ1) is 5.54. The smallest absolute Gasteiger partial charge is 0.151 e. The predicted molar refractivity (Wildman–Crippen MR) is 37.2 cm³/mol. The van der Waals surface area contributed by atoms with Crippen molar-refractivity contribution in [3.8, 4) is 0 Å². The number of carbonyl (C=O) groups is 1. The number of aldehydes is 1. The molecule has 5 N–H and O–H groups in total. The lowest BCUT2D eigenvalue weighted by Crippen LogP contribution is -2.46. The average Bonchev–Trinajstić information content (AvgIpc) is 2.12. The summed E-state index contributed by atoms with van der Waals surface area (Å²) >= 11 is 0. The number of aliphatic hydroxyl groups is 5. The molecule has 0 spiro atoms. The molecule has 12 heavy (non-hydrogen) atoms. The highest BCUT2D eigenvalue weighted by Crippen LogP contribution is 2.02. The van der Waals surface area contributed by atoms with Gasteiger partial charge in [-0.3, -0.25) is 0 Å². The Labute approximate surface area is 68.7 Å². The molecule has 0 fully saturated rings. The van der Waals surface area contributed by atoms with Gasteiger partial charge < -0.3 is 30.3 Å². The molecule has 0 rings (SSSR count). The van der Waals surface area contributed by atoms with Crippen LogP contribution in [0.4, 0.5) is 0 Å². The highest BCUT2D eigenvalue weighted by Gasteiger charge is 2.29. The first kappa shape index (κ1) is 11.5. The third-order valence-electron chi connectivity index (χ3n) is 1.42. The van der Waals surface area contributed by atoms with Crippen molar-refractivity contribution in [3.63, 3.8) is 0 Å². The molecule has 0 bridgehead atoms. The van der Waals surface area contributed by atoms with Crippen LogP contribution in [-0.2, 0) is 4.79 Å². The van der Waals surface area contributed by atoms with Gasteiger partial charge in [0.25, 0.3) is 0 Å². The minimum atomic E-state index is -1.79. The van der Waals surface area contributed by atoms with Crippen LogP contribution in [-0.4, -0.2) is 62.8 Å². The third kappa shape index (κ3) is 2.84. The molecule has 0 saturated carbocycles. The van der Waals surface area contributed by atoms with Gasteiger partial charge in [0, 0.05) is 0 Å². The molecule has 72 valence electrons. The Hall–Kier alpha value is -0.530. The number of rotatable bonds is 5. The molecule has 0 aliphatic carbocycles. The summed E-state index contributed by atoms with van der Waals surface area (Å²) in [5.74, 6) is 0. The lowest BCUT2D eigenvalue weighted by Gasteiger charge is -2.22. The van der Waals surface area contributed by atoms with E-state index < -0.39 is 31.0 Å². The Bertz CT molecular complexity index is 138. The fraction of sp³-hybridized carbons (Fsp3) is 0.833. The largest absolute Gasteiger partial charge is 0.394 e. The zero-order chi connectivity index (χ0) is 9.72. The summed E-state index contributed by atoms with van der Waals surface area (Å²) < 4.78 is 0. The minimum absolute atomic E-state index is 0.0258. The molecule has 0 aliphatic heterocycles. The van der Waals surface area contributed by atoms with E-state index in [1.807, 2.05) is 0 Å². The van der Waals surface area contributed by atoms with E-state index in [1.54, 1.807) is 0 Å². The zero-order valence-corrected chi connectivity index (χ0v) is 6.24. The molecule has 4 atom stereocenters. The maximum atomic E-state index is 9.90. The highest BCUT2D eigenvalue weighted by atomic mass is 16.4. The number of carbonyl (C=O) groups excluding carboxylic acids is 1. The van der Waals surface area contributed by atoms with Crippen LogP contribution in [0.15, 0.2) is 0 Å². The van der Waals surface area contributed by atoms with Gasteiger partial charge in [-0.1, -0.05) is 0 Å². The average molecular weight is 181 g/mol. The van der Waals surface area contributed by atoms with Crippen LogP contribution < -0.4 is 0 Å². The van der Waals surface area contributed by atoms with Gasteiger partial charge in [-0.05, 0) is 0 Å². The number of aliphatic hydroxyl groups excluding tert-OH is 5. The van der Waals surface area contributed by atoms with Gasteiger partial charge in [0.1, 0.15) is 24.4 Å². The van der Waals surface area contributed by atoms with Crippen molar-refractivity contribution in [2.45, 2.75) is 24.4 Å². The SMILES string of the molecule is O=C[C@@H](O)[13C@@H](O)[C@H](O)[C@H](O)CO. The van der Waals surface area contributed by atoms with E-state index in [4.69, 9.17) is 25.5 Å². The van der Waals surface area contributed by atoms with E-state index in [0.717, 1.165) is 0 Å². The lowest BCUT2D eigenvalue weighted by molar-refractivity contribution is -0.136. The Morgan fingerprint density at radius 2 is 1.58 bits per heavy atom. The molecular weight excluding hydrogens is 169 g/mol. The summed E-state index contributed by atoms with van der Waals surface area (Å²) in [5, 5.41) is 43.5. The van der Waals surface area contributed by atoms with Crippen molar-refractivity contribution in [3.05, 3.63) is 0 Å². The predicted octanol–water partition coefficient (Wildman–Crippen LogP) is -3.38. The van der Waals surface area contributed by atoms with E-state index in [0.29, 0.717) is 0 Å². The van der Waals surface area contributed by atoms with Crippen molar-refractivity contribution < 1.29 is 30.3 Å². The molecular formula is C6H12O6. The van der Waals surface area contributed by atoms with Crippen LogP contribution in [0.5, 0.6) is 0 Å². The molecule has 6 heteroatoms. The molecule has 0 aromatic heterocycles. The van der Waals surface area contributed by atoms with Crippen molar-refractivity contribution >= 4 is 6.29 Å². The second-order valence-electron chi connectivity index (χ2n) is 2.36. The summed E-state index contributed by atoms with van der Waals surface area (Å²) in [4.78, 5) is 9.90. The Morgan fingerprint density at radius 1 is 1.08 bits per heavy atom. The van der Waals surface area contributed by atoms with Gasteiger partial charge in [-0.2, -0.15) is 0 Å². The molecule has 0 aliphatic rings. The van der Waals surface area contributed by atoms with Crippen LogP contribution in [0.2, 0.25) is 0 Å². The summed E-state index contributed by atoms with van der Waals surface area (Å²) in [5.41, 5.74) is 0. The minimum Gasteiger partial charge on any atom is -0.394 e. The zero-order valence-electron chi connectivity index (χ0n) is 6.24. The first-order valence-corrected chi connectivity index (χ1v) is 3.33. The fourth-order valence-corrected chi connectivity index (χ4v) is 0.618. The van der Waals surface area contributed by atoms with E-state index in [1.165, 1.54) is 0 Å². The molecule has 6 nitrogen and oxygen atoms in total. The fourth-order valence-electron chi connectivity index (χ4n) is 0.618. The molecule has 0 unspecified atom stereocenters. The number of hydrogen-bond acceptors (Lipinski definition) is 6. The normalized spacial score (nSPS) is 21.1. The van der Waals surface area contributed by atoms with Crippen LogP contribution in [0.3, 0.4) is 0 Å². The standard InChI is InChI=1S/C6H12O6/c7-1-3(9)5(11)6(12)4(10)2-8/h1,3-6,8-12H,2H2/t3-,4-,5-,6-/m1/s1/i5+1. The van der Waals surface area contributed by atoms with Gasteiger partial charge in [0.2, 0.25) is 0 Å². The molecule has 0 aromatic carbocycles. The molecule has 0 amide bonds. The van der Waals surface area contributed by atoms with Gasteiger partial charge in [0.15, 0.2) is 6.29 Å². The second-order valence-corrected chi connectivity index (χ2v) is 2.36. The van der Waals surface area contributed by atoms with Gasteiger partial charge >= 0.3 is 0 Å². The Morgan fingerprint density at radius 3 is 1.92 bits per heavy atom. The maximum Gasteiger partial charge on any atom is 0.151 e. The number of hydrogen-bond donors (Lipinski definition) is 5. The van der Waals surface area contributed by atoms with E-state index in [9.17, 15) is 4.79 Å². The van der Waals surface area contributed by atoms with Crippen LogP contribution in [0, 0.1) is 0 Å². The van der Waals surface area contributed by atoms with E-state index >= 15 is 0 Å². The van der Waals surface area contributed by atoms with Gasteiger partial charge in [0.05, 0.1) is 6.61 Å². The van der Waals surface area contributed by atoms with Crippen LogP contribution in [0.1, 0.15) is 0 Å². The van der Waals surface area contributed by atoms with Crippen molar-refractivity contribution in [1.29, 1.82) is 0 Å².